The highest BCUT2D eigenvalue weighted by Crippen LogP contribution is 1.78. The van der Waals surface area contributed by atoms with Crippen LogP contribution in [0.3, 0.4) is 0 Å². The van der Waals surface area contributed by atoms with Crippen LogP contribution < -0.4 is 5.32 Å². The summed E-state index contributed by atoms with van der Waals surface area (Å²) in [5.74, 6) is -0.177. The van der Waals surface area contributed by atoms with Gasteiger partial charge in [0.2, 0.25) is 5.91 Å². The molecule has 1 amide bonds. The summed E-state index contributed by atoms with van der Waals surface area (Å²) in [6, 6.07) is 0.149. The van der Waals surface area contributed by atoms with Gasteiger partial charge < -0.3 is 10.2 Å². The molecule has 0 spiro atoms. The van der Waals surface area contributed by atoms with Crippen LogP contribution in [0.15, 0.2) is 12.3 Å². The minimum atomic E-state index is -0.177. The molecule has 0 aromatic carbocycles. The minimum Gasteiger partial charge on any atom is -0.383 e. The number of nitrogens with zero attached hydrogens (tertiary/aromatic N) is 1. The minimum absolute atomic E-state index is 0.149. The van der Waals surface area contributed by atoms with Gasteiger partial charge in [-0.1, -0.05) is 0 Å². The Morgan fingerprint density at radius 2 is 2.30 bits per heavy atom. The lowest BCUT2D eigenvalue weighted by Crippen LogP contribution is -2.19. The van der Waals surface area contributed by atoms with Gasteiger partial charge >= 0.3 is 0 Å². The molecule has 10 heavy (non-hydrogen) atoms. The van der Waals surface area contributed by atoms with E-state index in [4.69, 9.17) is 11.6 Å². The Bertz CT molecular complexity index is 134. The third kappa shape index (κ3) is 5.44. The van der Waals surface area contributed by atoms with Crippen molar-refractivity contribution in [2.75, 3.05) is 20.1 Å². The Morgan fingerprint density at radius 1 is 1.70 bits per heavy atom. The number of alkyl halides is 1. The van der Waals surface area contributed by atoms with Crippen molar-refractivity contribution in [3.8, 4) is 0 Å². The first-order valence-electron chi connectivity index (χ1n) is 2.85. The topological polar surface area (TPSA) is 32.3 Å². The monoisotopic (exact) mass is 162 g/mol. The maximum absolute atomic E-state index is 10.6. The predicted octanol–water partition coefficient (Wildman–Crippen LogP) is 0.374. The summed E-state index contributed by atoms with van der Waals surface area (Å²) >= 11 is 5.23. The van der Waals surface area contributed by atoms with Crippen LogP contribution in [0.2, 0.25) is 0 Å². The van der Waals surface area contributed by atoms with Crippen LogP contribution >= 0.6 is 11.6 Å². The fourth-order valence-electron chi connectivity index (χ4n) is 0.342. The summed E-state index contributed by atoms with van der Waals surface area (Å²) < 4.78 is 0. The molecule has 0 saturated carbocycles. The second kappa shape index (κ2) is 5.11. The van der Waals surface area contributed by atoms with Gasteiger partial charge in [-0.2, -0.15) is 0 Å². The van der Waals surface area contributed by atoms with Gasteiger partial charge in [0.05, 0.1) is 6.00 Å². The maximum atomic E-state index is 10.6. The molecule has 0 aromatic rings. The van der Waals surface area contributed by atoms with E-state index in [0.717, 1.165) is 0 Å². The lowest BCUT2D eigenvalue weighted by Gasteiger charge is -2.02. The fraction of sp³-hybridized carbons (Fsp3) is 0.500. The van der Waals surface area contributed by atoms with E-state index in [1.165, 1.54) is 6.08 Å². The van der Waals surface area contributed by atoms with Crippen LogP contribution in [0.1, 0.15) is 0 Å². The van der Waals surface area contributed by atoms with Crippen molar-refractivity contribution in [2.24, 2.45) is 0 Å². The number of hydrogen-bond acceptors (Lipinski definition) is 2. The van der Waals surface area contributed by atoms with Crippen LogP contribution in [0.4, 0.5) is 0 Å². The number of rotatable bonds is 3. The molecule has 0 aromatic heterocycles. The lowest BCUT2D eigenvalue weighted by molar-refractivity contribution is -0.116. The second-order valence-electron chi connectivity index (χ2n) is 1.95. The predicted molar refractivity (Wildman–Crippen MR) is 41.7 cm³/mol. The molecule has 0 bridgehead atoms. The molecule has 0 atom stereocenters. The Morgan fingerprint density at radius 3 is 2.70 bits per heavy atom. The van der Waals surface area contributed by atoms with Gasteiger partial charge in [-0.05, 0) is 0 Å². The highest BCUT2D eigenvalue weighted by molar-refractivity contribution is 6.18. The van der Waals surface area contributed by atoms with Crippen molar-refractivity contribution < 1.29 is 4.79 Å². The molecule has 3 nitrogen and oxygen atoms in total. The molecule has 0 radical (unpaired) electrons. The standard InChI is InChI=1S/C6H11ClN2O/c1-9(2)4-3-6(10)8-5-7/h3-4H,5H2,1-2H3,(H,8,10). The van der Waals surface area contributed by atoms with E-state index in [9.17, 15) is 4.79 Å². The van der Waals surface area contributed by atoms with E-state index in [2.05, 4.69) is 5.32 Å². The van der Waals surface area contributed by atoms with Crippen molar-refractivity contribution in [3.63, 3.8) is 0 Å². The number of carbonyl (C=O) groups is 1. The smallest absolute Gasteiger partial charge is 0.246 e. The highest BCUT2D eigenvalue weighted by atomic mass is 35.5. The van der Waals surface area contributed by atoms with E-state index < -0.39 is 0 Å². The number of carbonyl (C=O) groups excluding carboxylic acids is 1. The molecule has 0 saturated heterocycles. The van der Waals surface area contributed by atoms with Crippen molar-refractivity contribution in [3.05, 3.63) is 12.3 Å². The summed E-state index contributed by atoms with van der Waals surface area (Å²) in [5.41, 5.74) is 0. The molecule has 0 unspecified atom stereocenters. The number of amides is 1. The van der Waals surface area contributed by atoms with Crippen molar-refractivity contribution in [2.45, 2.75) is 0 Å². The van der Waals surface area contributed by atoms with Crippen molar-refractivity contribution in [1.29, 1.82) is 0 Å². The van der Waals surface area contributed by atoms with E-state index in [1.807, 2.05) is 14.1 Å². The van der Waals surface area contributed by atoms with E-state index in [1.54, 1.807) is 11.1 Å². The van der Waals surface area contributed by atoms with Crippen LogP contribution in [0, 0.1) is 0 Å². The van der Waals surface area contributed by atoms with Gasteiger partial charge in [0.25, 0.3) is 0 Å². The van der Waals surface area contributed by atoms with Crippen LogP contribution in [0.25, 0.3) is 0 Å². The van der Waals surface area contributed by atoms with Crippen LogP contribution in [-0.2, 0) is 4.79 Å². The molecule has 58 valence electrons. The SMILES string of the molecule is CN(C)C=CC(=O)NCCl. The van der Waals surface area contributed by atoms with Gasteiger partial charge in [0, 0.05) is 26.4 Å². The molecule has 0 rings (SSSR count). The van der Waals surface area contributed by atoms with E-state index >= 15 is 0 Å². The molecule has 0 aliphatic heterocycles. The Labute approximate surface area is 65.6 Å². The average molecular weight is 163 g/mol. The molecule has 0 fully saturated rings. The Balaban J connectivity index is 3.56. The van der Waals surface area contributed by atoms with Crippen molar-refractivity contribution >= 4 is 17.5 Å². The normalized spacial score (nSPS) is 9.90. The molecule has 0 aliphatic carbocycles. The first-order valence-corrected chi connectivity index (χ1v) is 3.38. The first kappa shape index (κ1) is 9.30. The van der Waals surface area contributed by atoms with Gasteiger partial charge in [0.15, 0.2) is 0 Å². The molecule has 0 aliphatic rings. The van der Waals surface area contributed by atoms with E-state index in [0.29, 0.717) is 0 Å². The summed E-state index contributed by atoms with van der Waals surface area (Å²) in [4.78, 5) is 12.4. The second-order valence-corrected chi connectivity index (χ2v) is 2.22. The molecular formula is C6H11ClN2O. The highest BCUT2D eigenvalue weighted by Gasteiger charge is 1.89. The van der Waals surface area contributed by atoms with Crippen LogP contribution in [0.5, 0.6) is 0 Å². The largest absolute Gasteiger partial charge is 0.383 e. The molecule has 4 heteroatoms. The van der Waals surface area contributed by atoms with E-state index in [-0.39, 0.29) is 11.9 Å². The fourth-order valence-corrected chi connectivity index (χ4v) is 0.473. The lowest BCUT2D eigenvalue weighted by atomic mass is 10.5. The third-order valence-corrected chi connectivity index (χ3v) is 0.899. The Kier molecular flexibility index (Phi) is 4.76. The first-order chi connectivity index (χ1) is 4.66. The van der Waals surface area contributed by atoms with Gasteiger partial charge in [-0.3, -0.25) is 4.79 Å². The van der Waals surface area contributed by atoms with Gasteiger partial charge in [-0.25, -0.2) is 0 Å². The molecule has 1 N–H and O–H groups in total. The zero-order valence-corrected chi connectivity index (χ0v) is 6.85. The summed E-state index contributed by atoms with van der Waals surface area (Å²) in [7, 11) is 3.68. The average Bonchev–Trinajstić information content (AvgIpc) is 1.85. The maximum Gasteiger partial charge on any atom is 0.246 e. The summed E-state index contributed by atoms with van der Waals surface area (Å²) in [5, 5.41) is 2.41. The van der Waals surface area contributed by atoms with Crippen molar-refractivity contribution in [1.82, 2.24) is 10.2 Å². The zero-order valence-electron chi connectivity index (χ0n) is 6.10. The molecular weight excluding hydrogens is 152 g/mol. The third-order valence-electron chi connectivity index (χ3n) is 0.765. The molecule has 0 heterocycles. The summed E-state index contributed by atoms with van der Waals surface area (Å²) in [6.45, 7) is 0. The van der Waals surface area contributed by atoms with Gasteiger partial charge in [-0.15, -0.1) is 11.6 Å². The zero-order chi connectivity index (χ0) is 7.98. The quantitative estimate of drug-likeness (QED) is 0.370. The number of hydrogen-bond donors (Lipinski definition) is 1. The number of nitrogens with one attached hydrogen (secondary N) is 1. The Hall–Kier alpha value is -0.700. The number of halogens is 1. The van der Waals surface area contributed by atoms with Crippen LogP contribution in [-0.4, -0.2) is 30.9 Å². The summed E-state index contributed by atoms with van der Waals surface area (Å²) in [6.07, 6.45) is 3.07. The van der Waals surface area contributed by atoms with Gasteiger partial charge in [0.1, 0.15) is 0 Å².